The number of aliphatic hydroxyl groups is 2. The Balaban J connectivity index is 0.000000401. The second-order valence-electron chi connectivity index (χ2n) is 4.88. The first-order valence-corrected chi connectivity index (χ1v) is 7.66. The Kier molecular flexibility index (Phi) is 12.1. The average molecular weight is 364 g/mol. The molecule has 8 N–H and O–H groups in total. The molecule has 8 heteroatoms. The third kappa shape index (κ3) is 9.50. The number of benzene rings is 2. The van der Waals surface area contributed by atoms with Gasteiger partial charge in [0.05, 0.1) is 0 Å². The highest BCUT2D eigenvalue weighted by atomic mass is 16.4. The van der Waals surface area contributed by atoms with Gasteiger partial charge in [-0.05, 0) is 11.1 Å². The Bertz CT molecular complexity index is 579. The fourth-order valence-electron chi connectivity index (χ4n) is 1.56. The van der Waals surface area contributed by atoms with E-state index in [0.29, 0.717) is 24.2 Å². The number of carbonyl (C=O) groups is 2. The first kappa shape index (κ1) is 23.2. The van der Waals surface area contributed by atoms with Crippen LogP contribution in [0.25, 0.3) is 0 Å². The van der Waals surface area contributed by atoms with Crippen LogP contribution in [0.5, 0.6) is 0 Å². The van der Waals surface area contributed by atoms with E-state index in [4.69, 9.17) is 31.9 Å². The number of hydrogen-bond donors (Lipinski definition) is 6. The largest absolute Gasteiger partial charge is 0.479 e. The fraction of sp³-hybridized carbons (Fsp3) is 0.222. The number of carboxylic acid groups (broad SMARTS) is 2. The van der Waals surface area contributed by atoms with E-state index in [9.17, 15) is 9.59 Å². The van der Waals surface area contributed by atoms with Gasteiger partial charge in [0.15, 0.2) is 12.2 Å². The second kappa shape index (κ2) is 13.5. The minimum Gasteiger partial charge on any atom is -0.479 e. The molecule has 0 fully saturated rings. The molecule has 0 aromatic heterocycles. The van der Waals surface area contributed by atoms with Gasteiger partial charge in [-0.25, -0.2) is 9.59 Å². The second-order valence-corrected chi connectivity index (χ2v) is 4.88. The van der Waals surface area contributed by atoms with Gasteiger partial charge in [-0.15, -0.1) is 0 Å². The summed E-state index contributed by atoms with van der Waals surface area (Å²) in [5, 5.41) is 34.8. The fourth-order valence-corrected chi connectivity index (χ4v) is 1.56. The van der Waals surface area contributed by atoms with Crippen LogP contribution in [0, 0.1) is 0 Å². The molecule has 2 rings (SSSR count). The third-order valence-corrected chi connectivity index (χ3v) is 2.87. The molecular weight excluding hydrogens is 340 g/mol. The van der Waals surface area contributed by atoms with E-state index in [-0.39, 0.29) is 0 Å². The van der Waals surface area contributed by atoms with E-state index >= 15 is 0 Å². The lowest BCUT2D eigenvalue weighted by Gasteiger charge is -2.03. The van der Waals surface area contributed by atoms with Gasteiger partial charge in [0.1, 0.15) is 0 Å². The van der Waals surface area contributed by atoms with Gasteiger partial charge in [0, 0.05) is 13.1 Å². The smallest absolute Gasteiger partial charge is 0.337 e. The minimum absolute atomic E-state index is 0.403. The number of rotatable bonds is 5. The van der Waals surface area contributed by atoms with Crippen molar-refractivity contribution >= 4 is 11.9 Å². The van der Waals surface area contributed by atoms with Gasteiger partial charge in [0.25, 0.3) is 0 Å². The summed E-state index contributed by atoms with van der Waals surface area (Å²) in [5.74, 6) is -2.45. The zero-order valence-corrected chi connectivity index (χ0v) is 14.1. The highest BCUT2D eigenvalue weighted by Gasteiger charge is 2.14. The summed E-state index contributed by atoms with van der Waals surface area (Å²) >= 11 is 0. The zero-order valence-electron chi connectivity index (χ0n) is 14.1. The molecule has 2 aromatic rings. The first-order chi connectivity index (χ1) is 12.3. The molecule has 0 aliphatic heterocycles. The van der Waals surface area contributed by atoms with Crippen LogP contribution >= 0.6 is 0 Å². The van der Waals surface area contributed by atoms with Crippen molar-refractivity contribution in [2.24, 2.45) is 11.5 Å². The van der Waals surface area contributed by atoms with Crippen molar-refractivity contribution in [3.8, 4) is 0 Å². The van der Waals surface area contributed by atoms with Crippen LogP contribution in [0.1, 0.15) is 23.3 Å². The Morgan fingerprint density at radius 2 is 0.962 bits per heavy atom. The maximum absolute atomic E-state index is 10.2. The van der Waals surface area contributed by atoms with E-state index in [1.165, 1.54) is 0 Å². The predicted molar refractivity (Wildman–Crippen MR) is 96.2 cm³/mol. The molecule has 8 nitrogen and oxygen atoms in total. The van der Waals surface area contributed by atoms with Crippen molar-refractivity contribution in [1.29, 1.82) is 0 Å². The predicted octanol–water partition coefficient (Wildman–Crippen LogP) is 0.513. The van der Waals surface area contributed by atoms with Crippen LogP contribution in [0.4, 0.5) is 0 Å². The molecule has 2 aromatic carbocycles. The van der Waals surface area contributed by atoms with Crippen molar-refractivity contribution in [2.75, 3.05) is 13.1 Å². The quantitative estimate of drug-likeness (QED) is 0.446. The highest BCUT2D eigenvalue weighted by Crippen LogP contribution is 2.11. The van der Waals surface area contributed by atoms with Gasteiger partial charge in [-0.2, -0.15) is 0 Å². The molecule has 0 heterocycles. The van der Waals surface area contributed by atoms with Crippen LogP contribution in [-0.2, 0) is 9.59 Å². The first-order valence-electron chi connectivity index (χ1n) is 7.66. The molecule has 0 spiro atoms. The molecule has 0 saturated carbocycles. The molecule has 0 aliphatic rings. The van der Waals surface area contributed by atoms with Gasteiger partial charge >= 0.3 is 11.9 Å². The van der Waals surface area contributed by atoms with Crippen LogP contribution in [0.3, 0.4) is 0 Å². The third-order valence-electron chi connectivity index (χ3n) is 2.87. The molecule has 26 heavy (non-hydrogen) atoms. The average Bonchev–Trinajstić information content (AvgIpc) is 2.68. The molecule has 2 unspecified atom stereocenters. The summed E-state index contributed by atoms with van der Waals surface area (Å²) < 4.78 is 0. The van der Waals surface area contributed by atoms with Crippen molar-refractivity contribution in [1.82, 2.24) is 0 Å². The van der Waals surface area contributed by atoms with Crippen molar-refractivity contribution in [3.05, 3.63) is 71.8 Å². The number of aliphatic carboxylic acids is 2. The molecule has 0 radical (unpaired) electrons. The Morgan fingerprint density at radius 3 is 1.15 bits per heavy atom. The molecule has 142 valence electrons. The summed E-state index contributed by atoms with van der Waals surface area (Å²) in [6.45, 7) is 1.19. The number of carboxylic acids is 2. The standard InChI is InChI=1S/2C8H8O3.C2H8N2/c2*9-7(8(10)11)6-4-2-1-3-5-6;3-1-2-4/h2*1-5,7,9H,(H,10,11);1-4H2. The lowest BCUT2D eigenvalue weighted by molar-refractivity contribution is -0.147. The highest BCUT2D eigenvalue weighted by molar-refractivity contribution is 5.74. The molecule has 0 saturated heterocycles. The van der Waals surface area contributed by atoms with E-state index in [2.05, 4.69) is 0 Å². The van der Waals surface area contributed by atoms with Crippen LogP contribution < -0.4 is 11.5 Å². The van der Waals surface area contributed by atoms with Gasteiger partial charge in [0.2, 0.25) is 0 Å². The summed E-state index contributed by atoms with van der Waals surface area (Å²) in [7, 11) is 0. The van der Waals surface area contributed by atoms with Gasteiger partial charge < -0.3 is 31.9 Å². The van der Waals surface area contributed by atoms with E-state index < -0.39 is 24.1 Å². The zero-order chi connectivity index (χ0) is 19.9. The summed E-state index contributed by atoms with van der Waals surface area (Å²) in [6, 6.07) is 16.5. The Labute approximate surface area is 151 Å². The molecule has 0 bridgehead atoms. The number of hydrogen-bond acceptors (Lipinski definition) is 6. The normalized spacial score (nSPS) is 11.7. The van der Waals surface area contributed by atoms with Crippen LogP contribution in [0.2, 0.25) is 0 Å². The van der Waals surface area contributed by atoms with Gasteiger partial charge in [-0.1, -0.05) is 60.7 Å². The molecule has 2 atom stereocenters. The Hall–Kier alpha value is -2.78. The molecular formula is C18H24N2O6. The number of aliphatic hydroxyl groups excluding tert-OH is 2. The van der Waals surface area contributed by atoms with Crippen molar-refractivity contribution in [2.45, 2.75) is 12.2 Å². The Morgan fingerprint density at radius 1 is 0.692 bits per heavy atom. The van der Waals surface area contributed by atoms with Crippen molar-refractivity contribution in [3.63, 3.8) is 0 Å². The lowest BCUT2D eigenvalue weighted by atomic mass is 10.1. The topological polar surface area (TPSA) is 167 Å². The summed E-state index contributed by atoms with van der Waals surface area (Å²) in [6.07, 6.45) is -2.81. The summed E-state index contributed by atoms with van der Waals surface area (Å²) in [5.41, 5.74) is 10.6. The van der Waals surface area contributed by atoms with Crippen LogP contribution in [-0.4, -0.2) is 45.5 Å². The molecule has 0 aliphatic carbocycles. The van der Waals surface area contributed by atoms with E-state index in [1.807, 2.05) is 0 Å². The van der Waals surface area contributed by atoms with Crippen molar-refractivity contribution < 1.29 is 30.0 Å². The minimum atomic E-state index is -1.41. The van der Waals surface area contributed by atoms with E-state index in [1.54, 1.807) is 60.7 Å². The van der Waals surface area contributed by atoms with E-state index in [0.717, 1.165) is 0 Å². The van der Waals surface area contributed by atoms with Gasteiger partial charge in [-0.3, -0.25) is 0 Å². The maximum Gasteiger partial charge on any atom is 0.337 e. The maximum atomic E-state index is 10.2. The lowest BCUT2D eigenvalue weighted by Crippen LogP contribution is -2.11. The molecule has 0 amide bonds. The monoisotopic (exact) mass is 364 g/mol. The summed E-state index contributed by atoms with van der Waals surface area (Å²) in [4.78, 5) is 20.5. The number of nitrogens with two attached hydrogens (primary N) is 2. The van der Waals surface area contributed by atoms with Crippen LogP contribution in [0.15, 0.2) is 60.7 Å². The SMILES string of the molecule is NCCN.O=C(O)C(O)c1ccccc1.O=C(O)C(O)c1ccccc1.